The Morgan fingerprint density at radius 2 is 2.31 bits per heavy atom. The molecule has 1 aliphatic rings. The van der Waals surface area contributed by atoms with Gasteiger partial charge in [0.05, 0.1) is 12.6 Å². The molecule has 1 fully saturated rings. The molecule has 0 amide bonds. The van der Waals surface area contributed by atoms with E-state index in [-0.39, 0.29) is 6.10 Å². The Labute approximate surface area is 90.7 Å². The number of nitrogens with one attached hydrogen (secondary N) is 1. The third kappa shape index (κ3) is 2.45. The summed E-state index contributed by atoms with van der Waals surface area (Å²) in [5, 5.41) is 12.4. The van der Waals surface area contributed by atoms with Crippen molar-refractivity contribution in [1.29, 1.82) is 0 Å². The predicted octanol–water partition coefficient (Wildman–Crippen LogP) is 1.50. The minimum absolute atomic E-state index is 0.0887. The zero-order valence-corrected chi connectivity index (χ0v) is 9.32. The molecule has 3 nitrogen and oxygen atoms in total. The molecule has 0 atom stereocenters. The smallest absolute Gasteiger partial charge is 0.164 e. The van der Waals surface area contributed by atoms with Crippen LogP contribution in [-0.4, -0.2) is 17.3 Å². The summed E-state index contributed by atoms with van der Waals surface area (Å²) in [6.45, 7) is 0.764. The van der Waals surface area contributed by atoms with E-state index < -0.39 is 0 Å². The standard InChI is InChI=1S/C9H12INO2/c10-9-2-1-8(13-9)5-11-6-3-7(12)4-6/h1-2,6-7,11-12H,3-5H2. The number of rotatable bonds is 3. The molecule has 2 rings (SSSR count). The van der Waals surface area contributed by atoms with Crippen LogP contribution in [0, 0.1) is 3.77 Å². The van der Waals surface area contributed by atoms with Gasteiger partial charge in [0.15, 0.2) is 3.77 Å². The summed E-state index contributed by atoms with van der Waals surface area (Å²) < 4.78 is 6.31. The Morgan fingerprint density at radius 3 is 2.85 bits per heavy atom. The molecule has 0 aliphatic heterocycles. The molecule has 0 spiro atoms. The monoisotopic (exact) mass is 293 g/mol. The number of hydrogen-bond donors (Lipinski definition) is 2. The van der Waals surface area contributed by atoms with Crippen molar-refractivity contribution in [3.63, 3.8) is 0 Å². The second-order valence-electron chi connectivity index (χ2n) is 3.41. The van der Waals surface area contributed by atoms with Crippen LogP contribution >= 0.6 is 22.6 Å². The van der Waals surface area contributed by atoms with Gasteiger partial charge in [-0.2, -0.15) is 0 Å². The van der Waals surface area contributed by atoms with Gasteiger partial charge in [-0.3, -0.25) is 0 Å². The number of halogens is 1. The van der Waals surface area contributed by atoms with E-state index in [0.29, 0.717) is 6.04 Å². The Bertz CT molecular complexity index is 281. The van der Waals surface area contributed by atoms with E-state index in [4.69, 9.17) is 9.52 Å². The van der Waals surface area contributed by atoms with Gasteiger partial charge in [-0.1, -0.05) is 0 Å². The van der Waals surface area contributed by atoms with Crippen LogP contribution in [0.4, 0.5) is 0 Å². The Balaban J connectivity index is 1.74. The van der Waals surface area contributed by atoms with Crippen molar-refractivity contribution in [3.8, 4) is 0 Å². The quantitative estimate of drug-likeness (QED) is 0.830. The maximum Gasteiger partial charge on any atom is 0.164 e. The molecule has 0 unspecified atom stereocenters. The highest BCUT2D eigenvalue weighted by molar-refractivity contribution is 14.1. The molecule has 1 saturated carbocycles. The normalized spacial score (nSPS) is 27.2. The maximum absolute atomic E-state index is 9.06. The second kappa shape index (κ2) is 3.98. The van der Waals surface area contributed by atoms with Crippen LogP contribution in [0.3, 0.4) is 0 Å². The van der Waals surface area contributed by atoms with Crippen LogP contribution in [-0.2, 0) is 6.54 Å². The van der Waals surface area contributed by atoms with Crippen LogP contribution in [0.15, 0.2) is 16.5 Å². The molecule has 0 radical (unpaired) electrons. The summed E-state index contributed by atoms with van der Waals surface area (Å²) in [5.41, 5.74) is 0. The van der Waals surface area contributed by atoms with E-state index in [9.17, 15) is 0 Å². The summed E-state index contributed by atoms with van der Waals surface area (Å²) in [5.74, 6) is 0.964. The first kappa shape index (κ1) is 9.48. The van der Waals surface area contributed by atoms with Gasteiger partial charge in [0.25, 0.3) is 0 Å². The minimum atomic E-state index is -0.0887. The largest absolute Gasteiger partial charge is 0.454 e. The van der Waals surface area contributed by atoms with Crippen molar-refractivity contribution in [1.82, 2.24) is 5.32 Å². The van der Waals surface area contributed by atoms with Gasteiger partial charge in [-0.25, -0.2) is 0 Å². The molecule has 0 aromatic carbocycles. The number of furan rings is 1. The maximum atomic E-state index is 9.06. The Hall–Kier alpha value is -0.0700. The minimum Gasteiger partial charge on any atom is -0.454 e. The first-order valence-corrected chi connectivity index (χ1v) is 5.47. The Kier molecular flexibility index (Phi) is 2.90. The predicted molar refractivity (Wildman–Crippen MR) is 57.3 cm³/mol. The van der Waals surface area contributed by atoms with Gasteiger partial charge in [0, 0.05) is 6.04 Å². The van der Waals surface area contributed by atoms with Crippen molar-refractivity contribution < 1.29 is 9.52 Å². The molecule has 0 bridgehead atoms. The van der Waals surface area contributed by atoms with Crippen molar-refractivity contribution in [3.05, 3.63) is 21.7 Å². The number of aliphatic hydroxyl groups is 1. The van der Waals surface area contributed by atoms with Crippen molar-refractivity contribution >= 4 is 22.6 Å². The molecule has 1 aliphatic carbocycles. The van der Waals surface area contributed by atoms with E-state index >= 15 is 0 Å². The van der Waals surface area contributed by atoms with Gasteiger partial charge in [0.1, 0.15) is 5.76 Å². The second-order valence-corrected chi connectivity index (χ2v) is 4.47. The first-order chi connectivity index (χ1) is 6.24. The van der Waals surface area contributed by atoms with E-state index in [1.54, 1.807) is 0 Å². The fourth-order valence-corrected chi connectivity index (χ4v) is 1.91. The lowest BCUT2D eigenvalue weighted by molar-refractivity contribution is 0.0611. The molecule has 4 heteroatoms. The third-order valence-electron chi connectivity index (χ3n) is 2.31. The molecule has 2 N–H and O–H groups in total. The van der Waals surface area contributed by atoms with E-state index in [1.165, 1.54) is 0 Å². The SMILES string of the molecule is OC1CC(NCc2ccc(I)o2)C1. The highest BCUT2D eigenvalue weighted by Crippen LogP contribution is 2.20. The third-order valence-corrected chi connectivity index (χ3v) is 2.89. The molecule has 1 aromatic heterocycles. The van der Waals surface area contributed by atoms with Crippen LogP contribution in [0.2, 0.25) is 0 Å². The van der Waals surface area contributed by atoms with E-state index in [2.05, 4.69) is 27.9 Å². The summed E-state index contributed by atoms with van der Waals surface area (Å²) in [6.07, 6.45) is 1.66. The van der Waals surface area contributed by atoms with Crippen molar-refractivity contribution in [2.75, 3.05) is 0 Å². The Morgan fingerprint density at radius 1 is 1.54 bits per heavy atom. The lowest BCUT2D eigenvalue weighted by atomic mass is 9.89. The zero-order valence-electron chi connectivity index (χ0n) is 7.16. The summed E-state index contributed by atoms with van der Waals surface area (Å²) in [7, 11) is 0. The summed E-state index contributed by atoms with van der Waals surface area (Å²) in [4.78, 5) is 0. The van der Waals surface area contributed by atoms with Crippen LogP contribution < -0.4 is 5.32 Å². The van der Waals surface area contributed by atoms with E-state index in [0.717, 1.165) is 28.9 Å². The van der Waals surface area contributed by atoms with Gasteiger partial charge in [-0.05, 0) is 47.6 Å². The number of hydrogen-bond acceptors (Lipinski definition) is 3. The molecule has 72 valence electrons. The molecule has 0 saturated heterocycles. The van der Waals surface area contributed by atoms with Crippen LogP contribution in [0.5, 0.6) is 0 Å². The fourth-order valence-electron chi connectivity index (χ4n) is 1.45. The van der Waals surface area contributed by atoms with Gasteiger partial charge in [-0.15, -0.1) is 0 Å². The molecule has 1 heterocycles. The molecule has 13 heavy (non-hydrogen) atoms. The average Bonchev–Trinajstić information content (AvgIpc) is 2.43. The average molecular weight is 293 g/mol. The lowest BCUT2D eigenvalue weighted by Gasteiger charge is -2.31. The van der Waals surface area contributed by atoms with Gasteiger partial charge < -0.3 is 14.8 Å². The topological polar surface area (TPSA) is 45.4 Å². The van der Waals surface area contributed by atoms with Gasteiger partial charge >= 0.3 is 0 Å². The molecular formula is C9H12INO2. The highest BCUT2D eigenvalue weighted by atomic mass is 127. The van der Waals surface area contributed by atoms with Crippen molar-refractivity contribution in [2.24, 2.45) is 0 Å². The summed E-state index contributed by atoms with van der Waals surface area (Å²) in [6, 6.07) is 4.40. The zero-order chi connectivity index (χ0) is 9.26. The molecule has 1 aromatic rings. The van der Waals surface area contributed by atoms with Crippen LogP contribution in [0.25, 0.3) is 0 Å². The summed E-state index contributed by atoms with van der Waals surface area (Å²) >= 11 is 2.15. The highest BCUT2D eigenvalue weighted by Gasteiger charge is 2.26. The fraction of sp³-hybridized carbons (Fsp3) is 0.556. The van der Waals surface area contributed by atoms with E-state index in [1.807, 2.05) is 12.1 Å². The number of aliphatic hydroxyl groups excluding tert-OH is 1. The molecular weight excluding hydrogens is 281 g/mol. The lowest BCUT2D eigenvalue weighted by Crippen LogP contribution is -2.43. The van der Waals surface area contributed by atoms with Crippen molar-refractivity contribution in [2.45, 2.75) is 31.5 Å². The van der Waals surface area contributed by atoms with Crippen LogP contribution in [0.1, 0.15) is 18.6 Å². The van der Waals surface area contributed by atoms with Gasteiger partial charge in [0.2, 0.25) is 0 Å². The first-order valence-electron chi connectivity index (χ1n) is 4.39.